The van der Waals surface area contributed by atoms with Gasteiger partial charge in [-0.2, -0.15) is 0 Å². The zero-order valence-corrected chi connectivity index (χ0v) is 17.3. The summed E-state index contributed by atoms with van der Waals surface area (Å²) in [6.07, 6.45) is 0. The van der Waals surface area contributed by atoms with E-state index in [9.17, 15) is 4.39 Å². The zero-order chi connectivity index (χ0) is 21.6. The van der Waals surface area contributed by atoms with E-state index in [-0.39, 0.29) is 5.82 Å². The molecule has 6 nitrogen and oxygen atoms in total. The number of rotatable bonds is 9. The van der Waals surface area contributed by atoms with Crippen LogP contribution in [0.3, 0.4) is 0 Å². The maximum atomic E-state index is 13.1. The summed E-state index contributed by atoms with van der Waals surface area (Å²) in [5.74, 6) is 2.34. The summed E-state index contributed by atoms with van der Waals surface area (Å²) in [5.41, 5.74) is 8.52. The first kappa shape index (κ1) is 20.5. The maximum Gasteiger partial charge on any atom is 0.356 e. The number of hydrogen-bond donors (Lipinski definition) is 1. The highest BCUT2D eigenvalue weighted by molar-refractivity contribution is 5.73. The average Bonchev–Trinajstić information content (AvgIpc) is 3.07. The summed E-state index contributed by atoms with van der Waals surface area (Å²) >= 11 is 0. The van der Waals surface area contributed by atoms with Crippen LogP contribution in [-0.2, 0) is 13.1 Å². The smallest absolute Gasteiger partial charge is 0.356 e. The Morgan fingerprint density at radius 3 is 2.35 bits per heavy atom. The Morgan fingerprint density at radius 2 is 1.58 bits per heavy atom. The number of hydrogen-bond acceptors (Lipinski definition) is 4. The van der Waals surface area contributed by atoms with Crippen LogP contribution < -0.4 is 24.5 Å². The molecular formula is C24H25FN3O3+. The molecule has 2 N–H and O–H groups in total. The first-order valence-corrected chi connectivity index (χ1v) is 10.1. The SMILES string of the molecule is COc1ccccc1OCCn1c(N)[n+](CCOc2ccc(F)cc2)c2ccccc21. The Kier molecular flexibility index (Phi) is 6.21. The van der Waals surface area contributed by atoms with E-state index in [1.54, 1.807) is 19.2 Å². The van der Waals surface area contributed by atoms with Crippen molar-refractivity contribution in [2.75, 3.05) is 26.1 Å². The molecule has 0 saturated carbocycles. The van der Waals surface area contributed by atoms with Crippen LogP contribution in [0.15, 0.2) is 72.8 Å². The number of nitrogen functional groups attached to an aromatic ring is 1. The van der Waals surface area contributed by atoms with Gasteiger partial charge in [0, 0.05) is 0 Å². The van der Waals surface area contributed by atoms with E-state index < -0.39 is 0 Å². The van der Waals surface area contributed by atoms with Gasteiger partial charge in [-0.1, -0.05) is 24.3 Å². The molecule has 0 spiro atoms. The lowest BCUT2D eigenvalue weighted by molar-refractivity contribution is -0.658. The molecule has 4 aromatic rings. The summed E-state index contributed by atoms with van der Waals surface area (Å²) in [4.78, 5) is 0. The minimum Gasteiger partial charge on any atom is -0.493 e. The molecule has 7 heteroatoms. The second kappa shape index (κ2) is 9.38. The van der Waals surface area contributed by atoms with Gasteiger partial charge in [0.05, 0.1) is 7.11 Å². The van der Waals surface area contributed by atoms with Crippen LogP contribution in [0.1, 0.15) is 0 Å². The van der Waals surface area contributed by atoms with Crippen LogP contribution in [0.4, 0.5) is 10.3 Å². The predicted molar refractivity (Wildman–Crippen MR) is 117 cm³/mol. The number of methoxy groups -OCH3 is 1. The van der Waals surface area contributed by atoms with Gasteiger partial charge in [0.1, 0.15) is 48.9 Å². The molecule has 31 heavy (non-hydrogen) atoms. The number of aromatic nitrogens is 2. The standard InChI is InChI=1S/C24H24FN3O3/c1-29-22-8-4-5-9-23(22)31-17-15-28-21-7-3-2-6-20(21)27(24(28)26)14-16-30-19-12-10-18(25)11-13-19/h2-13,26H,14-17H2,1H3/p+1. The summed E-state index contributed by atoms with van der Waals surface area (Å²) in [5, 5.41) is 0. The molecule has 0 aliphatic rings. The van der Waals surface area contributed by atoms with E-state index in [4.69, 9.17) is 19.9 Å². The van der Waals surface area contributed by atoms with Gasteiger partial charge in [-0.3, -0.25) is 5.73 Å². The number of halogens is 1. The van der Waals surface area contributed by atoms with Crippen molar-refractivity contribution in [2.45, 2.75) is 13.1 Å². The summed E-state index contributed by atoms with van der Waals surface area (Å²) in [6, 6.07) is 21.6. The van der Waals surface area contributed by atoms with Crippen molar-refractivity contribution in [3.8, 4) is 17.2 Å². The molecule has 1 heterocycles. The fourth-order valence-electron chi connectivity index (χ4n) is 3.55. The number of benzene rings is 3. The first-order chi connectivity index (χ1) is 15.2. The number of nitrogens with two attached hydrogens (primary N) is 1. The fourth-order valence-corrected chi connectivity index (χ4v) is 3.55. The third-order valence-electron chi connectivity index (χ3n) is 5.06. The lowest BCUT2D eigenvalue weighted by atomic mass is 10.3. The predicted octanol–water partition coefficient (Wildman–Crippen LogP) is 3.82. The van der Waals surface area contributed by atoms with Gasteiger partial charge in [-0.25, -0.2) is 13.5 Å². The van der Waals surface area contributed by atoms with Crippen LogP contribution in [0, 0.1) is 5.82 Å². The van der Waals surface area contributed by atoms with Crippen molar-refractivity contribution in [1.82, 2.24) is 4.57 Å². The minimum atomic E-state index is -0.288. The van der Waals surface area contributed by atoms with E-state index in [1.807, 2.05) is 57.7 Å². The van der Waals surface area contributed by atoms with Gasteiger partial charge in [0.2, 0.25) is 0 Å². The lowest BCUT2D eigenvalue weighted by Crippen LogP contribution is -2.39. The Morgan fingerprint density at radius 1 is 0.871 bits per heavy atom. The minimum absolute atomic E-state index is 0.288. The molecular weight excluding hydrogens is 397 g/mol. The van der Waals surface area contributed by atoms with Crippen LogP contribution in [0.5, 0.6) is 17.2 Å². The average molecular weight is 422 g/mol. The maximum absolute atomic E-state index is 13.1. The number of anilines is 1. The molecule has 160 valence electrons. The Labute approximate surface area is 180 Å². The van der Waals surface area contributed by atoms with Crippen molar-refractivity contribution in [2.24, 2.45) is 0 Å². The van der Waals surface area contributed by atoms with E-state index in [0.29, 0.717) is 49.5 Å². The van der Waals surface area contributed by atoms with E-state index in [1.165, 1.54) is 12.1 Å². The van der Waals surface area contributed by atoms with E-state index in [0.717, 1.165) is 11.0 Å². The van der Waals surface area contributed by atoms with Gasteiger partial charge in [-0.15, -0.1) is 0 Å². The third kappa shape index (κ3) is 4.55. The molecule has 0 bridgehead atoms. The molecule has 0 amide bonds. The Balaban J connectivity index is 1.47. The highest BCUT2D eigenvalue weighted by atomic mass is 19.1. The zero-order valence-electron chi connectivity index (χ0n) is 17.3. The van der Waals surface area contributed by atoms with Crippen molar-refractivity contribution in [1.29, 1.82) is 0 Å². The van der Waals surface area contributed by atoms with Crippen LogP contribution in [0.25, 0.3) is 11.0 Å². The molecule has 0 fully saturated rings. The highest BCUT2D eigenvalue weighted by Gasteiger charge is 2.20. The van der Waals surface area contributed by atoms with Crippen LogP contribution in [0.2, 0.25) is 0 Å². The largest absolute Gasteiger partial charge is 0.493 e. The number of para-hydroxylation sites is 4. The van der Waals surface area contributed by atoms with Gasteiger partial charge >= 0.3 is 5.95 Å². The molecule has 0 atom stereocenters. The number of imidazole rings is 1. The lowest BCUT2D eigenvalue weighted by Gasteiger charge is -2.10. The second-order valence-electron chi connectivity index (χ2n) is 6.95. The summed E-state index contributed by atoms with van der Waals surface area (Å²) in [6.45, 7) is 1.99. The van der Waals surface area contributed by atoms with E-state index >= 15 is 0 Å². The van der Waals surface area contributed by atoms with Crippen molar-refractivity contribution in [3.63, 3.8) is 0 Å². The normalized spacial score (nSPS) is 10.9. The number of nitrogens with zero attached hydrogens (tertiary/aromatic N) is 2. The van der Waals surface area contributed by atoms with Gasteiger partial charge in [-0.05, 0) is 48.5 Å². The van der Waals surface area contributed by atoms with Gasteiger partial charge in [0.25, 0.3) is 0 Å². The van der Waals surface area contributed by atoms with Crippen LogP contribution in [-0.4, -0.2) is 24.9 Å². The molecule has 0 radical (unpaired) electrons. The fraction of sp³-hybridized carbons (Fsp3) is 0.208. The van der Waals surface area contributed by atoms with Crippen molar-refractivity contribution >= 4 is 17.0 Å². The Hall–Kier alpha value is -3.74. The molecule has 4 rings (SSSR count). The number of ether oxygens (including phenoxy) is 3. The molecule has 0 aliphatic heterocycles. The van der Waals surface area contributed by atoms with Gasteiger partial charge in [0.15, 0.2) is 11.5 Å². The molecule has 3 aromatic carbocycles. The summed E-state index contributed by atoms with van der Waals surface area (Å²) in [7, 11) is 1.62. The van der Waals surface area contributed by atoms with Crippen LogP contribution >= 0.6 is 0 Å². The van der Waals surface area contributed by atoms with E-state index in [2.05, 4.69) is 0 Å². The molecule has 0 unspecified atom stereocenters. The summed E-state index contributed by atoms with van der Waals surface area (Å²) < 4.78 is 34.1. The topological polar surface area (TPSA) is 62.5 Å². The molecule has 1 aromatic heterocycles. The quantitative estimate of drug-likeness (QED) is 0.417. The highest BCUT2D eigenvalue weighted by Crippen LogP contribution is 2.26. The monoisotopic (exact) mass is 422 g/mol. The molecule has 0 saturated heterocycles. The van der Waals surface area contributed by atoms with Gasteiger partial charge < -0.3 is 14.2 Å². The second-order valence-corrected chi connectivity index (χ2v) is 6.95. The van der Waals surface area contributed by atoms with Crippen molar-refractivity contribution < 1.29 is 23.2 Å². The number of fused-ring (bicyclic) bond motifs is 1. The third-order valence-corrected chi connectivity index (χ3v) is 5.06. The molecule has 0 aliphatic carbocycles. The van der Waals surface area contributed by atoms with Crippen molar-refractivity contribution in [3.05, 3.63) is 78.6 Å². The Bertz CT molecular complexity index is 1160. The first-order valence-electron chi connectivity index (χ1n) is 10.1.